The normalized spacial score (nSPS) is 17.5. The molecule has 1 aromatic heterocycles. The average molecular weight is 283 g/mol. The van der Waals surface area contributed by atoms with E-state index in [4.69, 9.17) is 0 Å². The second-order valence-corrected chi connectivity index (χ2v) is 5.15. The Balaban J connectivity index is 2.08. The number of rotatable bonds is 1. The van der Waals surface area contributed by atoms with E-state index in [-0.39, 0.29) is 5.91 Å². The highest BCUT2D eigenvalue weighted by molar-refractivity contribution is 9.10. The largest absolute Gasteiger partial charge is 0.339 e. The van der Waals surface area contributed by atoms with Crippen LogP contribution in [0.15, 0.2) is 22.9 Å². The van der Waals surface area contributed by atoms with Crippen molar-refractivity contribution in [2.24, 2.45) is 5.92 Å². The number of amides is 1. The van der Waals surface area contributed by atoms with Crippen LogP contribution in [0.1, 0.15) is 30.1 Å². The molecule has 0 unspecified atom stereocenters. The molecule has 1 amide bonds. The lowest BCUT2D eigenvalue weighted by Crippen LogP contribution is -2.37. The minimum Gasteiger partial charge on any atom is -0.339 e. The van der Waals surface area contributed by atoms with Gasteiger partial charge >= 0.3 is 0 Å². The van der Waals surface area contributed by atoms with Gasteiger partial charge in [-0.3, -0.25) is 4.79 Å². The van der Waals surface area contributed by atoms with Crippen molar-refractivity contribution < 1.29 is 4.79 Å². The summed E-state index contributed by atoms with van der Waals surface area (Å²) in [4.78, 5) is 18.1. The van der Waals surface area contributed by atoms with E-state index in [1.807, 2.05) is 4.90 Å². The van der Waals surface area contributed by atoms with E-state index < -0.39 is 0 Å². The first-order chi connectivity index (χ1) is 7.66. The van der Waals surface area contributed by atoms with Gasteiger partial charge in [0.2, 0.25) is 0 Å². The van der Waals surface area contributed by atoms with Gasteiger partial charge in [-0.2, -0.15) is 0 Å². The second-order valence-electron chi connectivity index (χ2n) is 4.34. The van der Waals surface area contributed by atoms with Gasteiger partial charge in [-0.05, 0) is 46.8 Å². The molecule has 1 aliphatic heterocycles. The van der Waals surface area contributed by atoms with Gasteiger partial charge in [0.1, 0.15) is 4.60 Å². The summed E-state index contributed by atoms with van der Waals surface area (Å²) >= 11 is 3.28. The number of nitrogens with zero attached hydrogens (tertiary/aromatic N) is 2. The van der Waals surface area contributed by atoms with Gasteiger partial charge < -0.3 is 4.90 Å². The van der Waals surface area contributed by atoms with Crippen molar-refractivity contribution >= 4 is 21.8 Å². The molecule has 2 heterocycles. The summed E-state index contributed by atoms with van der Waals surface area (Å²) in [6, 6.07) is 3.55. The molecule has 1 saturated heterocycles. The van der Waals surface area contributed by atoms with Crippen LogP contribution >= 0.6 is 15.9 Å². The molecule has 0 bridgehead atoms. The van der Waals surface area contributed by atoms with Gasteiger partial charge in [0.25, 0.3) is 5.91 Å². The molecule has 1 fully saturated rings. The van der Waals surface area contributed by atoms with Gasteiger partial charge in [0.05, 0.1) is 0 Å². The number of carbonyl (C=O) groups excluding carboxylic acids is 1. The number of carbonyl (C=O) groups is 1. The van der Waals surface area contributed by atoms with Gasteiger partial charge in [-0.25, -0.2) is 4.98 Å². The summed E-state index contributed by atoms with van der Waals surface area (Å²) < 4.78 is 0.712. The van der Waals surface area contributed by atoms with Crippen molar-refractivity contribution in [2.45, 2.75) is 19.8 Å². The molecule has 0 atom stereocenters. The minimum absolute atomic E-state index is 0.120. The molecular weight excluding hydrogens is 268 g/mol. The van der Waals surface area contributed by atoms with Crippen LogP contribution in [0.3, 0.4) is 0 Å². The maximum atomic E-state index is 12.1. The summed E-state index contributed by atoms with van der Waals surface area (Å²) in [5.74, 6) is 0.864. The van der Waals surface area contributed by atoms with Crippen LogP contribution in [-0.2, 0) is 0 Å². The van der Waals surface area contributed by atoms with Gasteiger partial charge in [0.15, 0.2) is 0 Å². The second kappa shape index (κ2) is 4.95. The number of piperidine rings is 1. The zero-order valence-electron chi connectivity index (χ0n) is 9.32. The van der Waals surface area contributed by atoms with Crippen molar-refractivity contribution in [3.8, 4) is 0 Å². The molecule has 2 rings (SSSR count). The Morgan fingerprint density at radius 2 is 2.19 bits per heavy atom. The van der Waals surface area contributed by atoms with Gasteiger partial charge in [0, 0.05) is 24.8 Å². The fourth-order valence-electron chi connectivity index (χ4n) is 1.93. The number of pyridine rings is 1. The van der Waals surface area contributed by atoms with Gasteiger partial charge in [-0.1, -0.05) is 6.92 Å². The molecule has 4 heteroatoms. The molecule has 0 aliphatic carbocycles. The Labute approximate surface area is 104 Å². The molecule has 3 nitrogen and oxygen atoms in total. The van der Waals surface area contributed by atoms with E-state index in [9.17, 15) is 4.79 Å². The minimum atomic E-state index is 0.120. The lowest BCUT2D eigenvalue weighted by atomic mass is 9.99. The quantitative estimate of drug-likeness (QED) is 0.742. The maximum Gasteiger partial charge on any atom is 0.254 e. The summed E-state index contributed by atoms with van der Waals surface area (Å²) in [6.07, 6.45) is 3.87. The number of hydrogen-bond donors (Lipinski definition) is 0. The zero-order valence-corrected chi connectivity index (χ0v) is 10.9. The Bertz CT molecular complexity index is 386. The lowest BCUT2D eigenvalue weighted by Gasteiger charge is -2.30. The highest BCUT2D eigenvalue weighted by Gasteiger charge is 2.21. The molecule has 0 N–H and O–H groups in total. The van der Waals surface area contributed by atoms with Crippen LogP contribution in [0.4, 0.5) is 0 Å². The first kappa shape index (κ1) is 11.6. The Morgan fingerprint density at radius 3 is 2.81 bits per heavy atom. The molecule has 0 aromatic carbocycles. The summed E-state index contributed by atoms with van der Waals surface area (Å²) in [5.41, 5.74) is 0.719. The van der Waals surface area contributed by atoms with E-state index in [1.165, 1.54) is 0 Å². The third-order valence-electron chi connectivity index (χ3n) is 3.04. The van der Waals surface area contributed by atoms with E-state index in [0.717, 1.165) is 37.4 Å². The van der Waals surface area contributed by atoms with Crippen LogP contribution in [0.25, 0.3) is 0 Å². The topological polar surface area (TPSA) is 33.2 Å². The highest BCUT2D eigenvalue weighted by Crippen LogP contribution is 2.18. The monoisotopic (exact) mass is 282 g/mol. The van der Waals surface area contributed by atoms with Crippen molar-refractivity contribution in [1.82, 2.24) is 9.88 Å². The first-order valence-electron chi connectivity index (χ1n) is 5.57. The summed E-state index contributed by atoms with van der Waals surface area (Å²) in [5, 5.41) is 0. The Kier molecular flexibility index (Phi) is 3.59. The molecule has 1 aliphatic rings. The zero-order chi connectivity index (χ0) is 11.5. The molecule has 0 saturated carbocycles. The van der Waals surface area contributed by atoms with E-state index in [0.29, 0.717) is 4.60 Å². The van der Waals surface area contributed by atoms with Crippen LogP contribution in [0, 0.1) is 5.92 Å². The van der Waals surface area contributed by atoms with Crippen molar-refractivity contribution in [1.29, 1.82) is 0 Å². The number of likely N-dealkylation sites (tertiary alicyclic amines) is 1. The fraction of sp³-hybridized carbons (Fsp3) is 0.500. The maximum absolute atomic E-state index is 12.1. The predicted molar refractivity (Wildman–Crippen MR) is 66.2 cm³/mol. The number of halogens is 1. The predicted octanol–water partition coefficient (Wildman–Crippen LogP) is 2.72. The SMILES string of the molecule is CC1CCN(C(=O)c2ccnc(Br)c2)CC1. The van der Waals surface area contributed by atoms with E-state index >= 15 is 0 Å². The number of aromatic nitrogens is 1. The summed E-state index contributed by atoms with van der Waals surface area (Å²) in [7, 11) is 0. The molecule has 0 radical (unpaired) electrons. The van der Waals surface area contributed by atoms with E-state index in [1.54, 1.807) is 18.3 Å². The third kappa shape index (κ3) is 2.61. The standard InChI is InChI=1S/C12H15BrN2O/c1-9-3-6-15(7-4-9)12(16)10-2-5-14-11(13)8-10/h2,5,8-9H,3-4,6-7H2,1H3. The van der Waals surface area contributed by atoms with Crippen molar-refractivity contribution in [2.75, 3.05) is 13.1 Å². The van der Waals surface area contributed by atoms with Gasteiger partial charge in [-0.15, -0.1) is 0 Å². The van der Waals surface area contributed by atoms with E-state index in [2.05, 4.69) is 27.8 Å². The molecular formula is C12H15BrN2O. The fourth-order valence-corrected chi connectivity index (χ4v) is 2.29. The molecule has 16 heavy (non-hydrogen) atoms. The van der Waals surface area contributed by atoms with Crippen LogP contribution in [0.2, 0.25) is 0 Å². The van der Waals surface area contributed by atoms with Crippen LogP contribution < -0.4 is 0 Å². The first-order valence-corrected chi connectivity index (χ1v) is 6.37. The van der Waals surface area contributed by atoms with Crippen molar-refractivity contribution in [3.63, 3.8) is 0 Å². The molecule has 1 aromatic rings. The highest BCUT2D eigenvalue weighted by atomic mass is 79.9. The molecule has 0 spiro atoms. The summed E-state index contributed by atoms with van der Waals surface area (Å²) in [6.45, 7) is 3.99. The smallest absolute Gasteiger partial charge is 0.254 e. The van der Waals surface area contributed by atoms with Crippen LogP contribution in [-0.4, -0.2) is 28.9 Å². The van der Waals surface area contributed by atoms with Crippen LogP contribution in [0.5, 0.6) is 0 Å². The Hall–Kier alpha value is -0.900. The van der Waals surface area contributed by atoms with Crippen molar-refractivity contribution in [3.05, 3.63) is 28.5 Å². The lowest BCUT2D eigenvalue weighted by molar-refractivity contribution is 0.0697. The third-order valence-corrected chi connectivity index (χ3v) is 3.48. The number of hydrogen-bond acceptors (Lipinski definition) is 2. The molecule has 86 valence electrons. The Morgan fingerprint density at radius 1 is 1.50 bits per heavy atom. The average Bonchev–Trinajstić information content (AvgIpc) is 2.29.